The quantitative estimate of drug-likeness (QED) is 0.651. The smallest absolute Gasteiger partial charge is 0.268 e. The van der Waals surface area contributed by atoms with Crippen molar-refractivity contribution in [3.8, 4) is 11.6 Å². The molecule has 1 N–H and O–H groups in total. The molecule has 0 aliphatic rings. The third-order valence-corrected chi connectivity index (χ3v) is 1.25. The molecule has 0 atom stereocenters. The van der Waals surface area contributed by atoms with Gasteiger partial charge in [0.05, 0.1) is 0 Å². The van der Waals surface area contributed by atoms with Gasteiger partial charge in [0.25, 0.3) is 5.89 Å². The monoisotopic (exact) mass is 150 g/mol. The van der Waals surface area contributed by atoms with Gasteiger partial charge in [-0.1, -0.05) is 0 Å². The molecule has 0 radical (unpaired) electrons. The van der Waals surface area contributed by atoms with Gasteiger partial charge in [0, 0.05) is 13.1 Å². The fourth-order valence-electron chi connectivity index (χ4n) is 0.779. The van der Waals surface area contributed by atoms with E-state index in [0.29, 0.717) is 17.5 Å². The molecule has 0 aliphatic heterocycles. The second-order valence-corrected chi connectivity index (χ2v) is 2.09. The predicted octanol–water partition coefficient (Wildman–Crippen LogP) is 0.768. The minimum absolute atomic E-state index is 0.448. The lowest BCUT2D eigenvalue weighted by Crippen LogP contribution is -1.76. The van der Waals surface area contributed by atoms with Crippen molar-refractivity contribution in [2.75, 3.05) is 0 Å². The van der Waals surface area contributed by atoms with Crippen LogP contribution in [-0.2, 0) is 0 Å². The maximum atomic E-state index is 5.12. The molecule has 0 unspecified atom stereocenters. The molecule has 0 bridgehead atoms. The van der Waals surface area contributed by atoms with Gasteiger partial charge in [-0.15, -0.1) is 10.2 Å². The van der Waals surface area contributed by atoms with Gasteiger partial charge in [-0.05, 0) is 6.07 Å². The molecule has 11 heavy (non-hydrogen) atoms. The van der Waals surface area contributed by atoms with Crippen LogP contribution >= 0.6 is 0 Å². The highest BCUT2D eigenvalue weighted by atomic mass is 16.4. The second-order valence-electron chi connectivity index (χ2n) is 2.09. The Morgan fingerprint density at radius 1 is 1.45 bits per heavy atom. The zero-order valence-electron chi connectivity index (χ0n) is 5.90. The summed E-state index contributed by atoms with van der Waals surface area (Å²) in [6.45, 7) is 1.74. The maximum Gasteiger partial charge on any atom is 0.268 e. The molecule has 0 spiro atoms. The van der Waals surface area contributed by atoms with E-state index in [-0.39, 0.29) is 0 Å². The molecule has 56 valence electrons. The molecular formula is C6H6N4O. The number of aryl methyl sites for hydroxylation is 1. The van der Waals surface area contributed by atoms with Crippen molar-refractivity contribution >= 4 is 0 Å². The van der Waals surface area contributed by atoms with Crippen LogP contribution in [0.2, 0.25) is 0 Å². The summed E-state index contributed by atoms with van der Waals surface area (Å²) in [5.74, 6) is 0.992. The normalized spacial score (nSPS) is 10.3. The lowest BCUT2D eigenvalue weighted by Gasteiger charge is -1.81. The molecule has 0 saturated heterocycles. The van der Waals surface area contributed by atoms with Crippen LogP contribution in [0.1, 0.15) is 5.89 Å². The van der Waals surface area contributed by atoms with E-state index >= 15 is 0 Å². The van der Waals surface area contributed by atoms with E-state index in [0.717, 1.165) is 0 Å². The van der Waals surface area contributed by atoms with E-state index in [9.17, 15) is 0 Å². The van der Waals surface area contributed by atoms with E-state index in [1.54, 1.807) is 19.2 Å². The van der Waals surface area contributed by atoms with E-state index < -0.39 is 0 Å². The summed E-state index contributed by atoms with van der Waals surface area (Å²) in [5.41, 5.74) is 0.672. The van der Waals surface area contributed by atoms with Crippen LogP contribution in [0.3, 0.4) is 0 Å². The topological polar surface area (TPSA) is 67.6 Å². The first kappa shape index (κ1) is 6.09. The molecule has 2 heterocycles. The lowest BCUT2D eigenvalue weighted by atomic mass is 10.4. The molecule has 0 saturated carbocycles. The van der Waals surface area contributed by atoms with Gasteiger partial charge in [-0.3, -0.25) is 5.10 Å². The first-order valence-electron chi connectivity index (χ1n) is 3.16. The summed E-state index contributed by atoms with van der Waals surface area (Å²) >= 11 is 0. The maximum absolute atomic E-state index is 5.12. The Kier molecular flexibility index (Phi) is 1.21. The van der Waals surface area contributed by atoms with Gasteiger partial charge in [0.1, 0.15) is 5.69 Å². The molecule has 0 aromatic carbocycles. The highest BCUT2D eigenvalue weighted by molar-refractivity contribution is 5.43. The van der Waals surface area contributed by atoms with Crippen LogP contribution in [0.25, 0.3) is 11.6 Å². The summed E-state index contributed by atoms with van der Waals surface area (Å²) in [6.07, 6.45) is 1.70. The van der Waals surface area contributed by atoms with Crippen LogP contribution in [0.15, 0.2) is 16.7 Å². The van der Waals surface area contributed by atoms with Crippen molar-refractivity contribution in [1.82, 2.24) is 20.4 Å². The summed E-state index contributed by atoms with van der Waals surface area (Å²) in [4.78, 5) is 0. The first-order chi connectivity index (χ1) is 5.36. The highest BCUT2D eigenvalue weighted by Gasteiger charge is 2.05. The highest BCUT2D eigenvalue weighted by Crippen LogP contribution is 2.12. The third kappa shape index (κ3) is 1.000. The van der Waals surface area contributed by atoms with E-state index in [4.69, 9.17) is 4.42 Å². The average Bonchev–Trinajstić information content (AvgIpc) is 2.55. The summed E-state index contributed by atoms with van der Waals surface area (Å²) in [5, 5.41) is 14.0. The zero-order valence-corrected chi connectivity index (χ0v) is 5.90. The number of H-pyrrole nitrogens is 1. The number of nitrogens with zero attached hydrogens (tertiary/aromatic N) is 3. The number of rotatable bonds is 1. The van der Waals surface area contributed by atoms with Gasteiger partial charge in [-0.25, -0.2) is 0 Å². The van der Waals surface area contributed by atoms with Crippen molar-refractivity contribution in [2.24, 2.45) is 0 Å². The van der Waals surface area contributed by atoms with E-state index in [1.807, 2.05) is 0 Å². The van der Waals surface area contributed by atoms with E-state index in [2.05, 4.69) is 20.4 Å². The molecule has 0 amide bonds. The Labute approximate surface area is 62.5 Å². The second kappa shape index (κ2) is 2.19. The Morgan fingerprint density at radius 3 is 2.91 bits per heavy atom. The molecular weight excluding hydrogens is 144 g/mol. The van der Waals surface area contributed by atoms with Crippen LogP contribution in [0.5, 0.6) is 0 Å². The van der Waals surface area contributed by atoms with Crippen molar-refractivity contribution < 1.29 is 4.42 Å². The lowest BCUT2D eigenvalue weighted by molar-refractivity contribution is 0.531. The number of hydrogen-bond donors (Lipinski definition) is 1. The van der Waals surface area contributed by atoms with Crippen LogP contribution in [-0.4, -0.2) is 20.4 Å². The molecule has 2 aromatic rings. The molecule has 2 rings (SSSR count). The Bertz CT molecular complexity index is 337. The van der Waals surface area contributed by atoms with Crippen molar-refractivity contribution in [3.63, 3.8) is 0 Å². The standard InChI is InChI=1S/C6H6N4O/c1-4-8-10-6(11-4)5-2-3-7-9-5/h2-3H,1H3,(H,7,9). The van der Waals surface area contributed by atoms with E-state index in [1.165, 1.54) is 0 Å². The minimum atomic E-state index is 0.448. The Balaban J connectivity index is 2.45. The van der Waals surface area contributed by atoms with Crippen LogP contribution < -0.4 is 0 Å². The predicted molar refractivity (Wildman–Crippen MR) is 36.6 cm³/mol. The summed E-state index contributed by atoms with van der Waals surface area (Å²) < 4.78 is 5.12. The van der Waals surface area contributed by atoms with Gasteiger partial charge in [0.15, 0.2) is 0 Å². The number of aromatic nitrogens is 4. The Morgan fingerprint density at radius 2 is 2.36 bits per heavy atom. The molecule has 5 nitrogen and oxygen atoms in total. The molecule has 0 fully saturated rings. The fourth-order valence-corrected chi connectivity index (χ4v) is 0.779. The molecule has 5 heteroatoms. The first-order valence-corrected chi connectivity index (χ1v) is 3.16. The van der Waals surface area contributed by atoms with Gasteiger partial charge >= 0.3 is 0 Å². The Hall–Kier alpha value is -1.65. The number of nitrogens with one attached hydrogen (secondary N) is 1. The van der Waals surface area contributed by atoms with Gasteiger partial charge in [-0.2, -0.15) is 5.10 Å². The SMILES string of the molecule is Cc1nnc(-c2cc[nH]n2)o1. The van der Waals surface area contributed by atoms with Crippen molar-refractivity contribution in [1.29, 1.82) is 0 Å². The summed E-state index contributed by atoms with van der Waals surface area (Å²) in [7, 11) is 0. The van der Waals surface area contributed by atoms with Gasteiger partial charge in [0.2, 0.25) is 5.89 Å². The number of aromatic amines is 1. The molecule has 0 aliphatic carbocycles. The van der Waals surface area contributed by atoms with Gasteiger partial charge < -0.3 is 4.42 Å². The van der Waals surface area contributed by atoms with Crippen molar-refractivity contribution in [3.05, 3.63) is 18.2 Å². The summed E-state index contributed by atoms with van der Waals surface area (Å²) in [6, 6.07) is 1.77. The average molecular weight is 150 g/mol. The largest absolute Gasteiger partial charge is 0.420 e. The van der Waals surface area contributed by atoms with Crippen LogP contribution in [0.4, 0.5) is 0 Å². The number of hydrogen-bond acceptors (Lipinski definition) is 4. The third-order valence-electron chi connectivity index (χ3n) is 1.25. The van der Waals surface area contributed by atoms with Crippen LogP contribution in [0, 0.1) is 6.92 Å². The zero-order chi connectivity index (χ0) is 7.68. The minimum Gasteiger partial charge on any atom is -0.420 e. The van der Waals surface area contributed by atoms with Crippen molar-refractivity contribution in [2.45, 2.75) is 6.92 Å². The molecule has 2 aromatic heterocycles. The fraction of sp³-hybridized carbons (Fsp3) is 0.167.